The number of hydrogen-bond acceptors (Lipinski definition) is 1. The first-order chi connectivity index (χ1) is 8.18. The van der Waals surface area contributed by atoms with E-state index in [9.17, 15) is 0 Å². The maximum atomic E-state index is 8.42. The van der Waals surface area contributed by atoms with E-state index in [1.165, 1.54) is 57.8 Å². The van der Waals surface area contributed by atoms with Gasteiger partial charge in [0.1, 0.15) is 0 Å². The van der Waals surface area contributed by atoms with Crippen molar-refractivity contribution in [1.29, 1.82) is 5.41 Å². The summed E-state index contributed by atoms with van der Waals surface area (Å²) in [4.78, 5) is 2.31. The van der Waals surface area contributed by atoms with E-state index < -0.39 is 0 Å². The Labute approximate surface area is 106 Å². The second-order valence-electron chi connectivity index (χ2n) is 6.26. The number of rotatable bonds is 2. The number of amidine groups is 1. The van der Waals surface area contributed by atoms with Gasteiger partial charge >= 0.3 is 0 Å². The van der Waals surface area contributed by atoms with Crippen molar-refractivity contribution in [3.05, 3.63) is 0 Å². The van der Waals surface area contributed by atoms with Crippen LogP contribution in [0.3, 0.4) is 0 Å². The van der Waals surface area contributed by atoms with Gasteiger partial charge < -0.3 is 4.90 Å². The highest BCUT2D eigenvalue weighted by atomic mass is 15.2. The van der Waals surface area contributed by atoms with Gasteiger partial charge in [0.25, 0.3) is 0 Å². The van der Waals surface area contributed by atoms with Gasteiger partial charge in [-0.05, 0) is 31.6 Å². The number of nitrogens with one attached hydrogen (secondary N) is 1. The third kappa shape index (κ3) is 3.23. The predicted octanol–water partition coefficient (Wildman–Crippen LogP) is 4.05. The molecule has 0 saturated heterocycles. The Balaban J connectivity index is 1.89. The molecule has 0 radical (unpaired) electrons. The molecule has 2 atom stereocenters. The topological polar surface area (TPSA) is 27.1 Å². The molecule has 1 N–H and O–H groups in total. The summed E-state index contributed by atoms with van der Waals surface area (Å²) in [5, 5.41) is 8.42. The molecular formula is C15H28N2. The highest BCUT2D eigenvalue weighted by molar-refractivity contribution is 5.81. The van der Waals surface area contributed by atoms with Crippen LogP contribution in [-0.4, -0.2) is 23.8 Å². The standard InChI is InChI=1S/C15H28N2/c1-12-7-6-10-14(11-12)17(2)15(16)13-8-4-3-5-9-13/h12-14,16H,3-11H2,1-2H3. The summed E-state index contributed by atoms with van der Waals surface area (Å²) in [6.07, 6.45) is 11.9. The molecule has 2 aliphatic carbocycles. The van der Waals surface area contributed by atoms with Crippen LogP contribution in [0.2, 0.25) is 0 Å². The quantitative estimate of drug-likeness (QED) is 0.568. The molecule has 0 bridgehead atoms. The lowest BCUT2D eigenvalue weighted by Crippen LogP contribution is -2.42. The first-order valence-electron chi connectivity index (χ1n) is 7.49. The van der Waals surface area contributed by atoms with Crippen molar-refractivity contribution in [2.75, 3.05) is 7.05 Å². The maximum Gasteiger partial charge on any atom is 0.0989 e. The lowest BCUT2D eigenvalue weighted by atomic mass is 9.84. The Bertz CT molecular complexity index is 256. The van der Waals surface area contributed by atoms with E-state index in [1.807, 2.05) is 0 Å². The third-order valence-corrected chi connectivity index (χ3v) is 4.83. The maximum absolute atomic E-state index is 8.42. The van der Waals surface area contributed by atoms with E-state index >= 15 is 0 Å². The van der Waals surface area contributed by atoms with Crippen molar-refractivity contribution in [2.45, 2.75) is 70.8 Å². The molecule has 0 aromatic carbocycles. The molecule has 2 nitrogen and oxygen atoms in total. The Hall–Kier alpha value is -0.530. The van der Waals surface area contributed by atoms with E-state index in [-0.39, 0.29) is 0 Å². The minimum Gasteiger partial charge on any atom is -0.360 e. The summed E-state index contributed by atoms with van der Waals surface area (Å²) in [6.45, 7) is 2.37. The van der Waals surface area contributed by atoms with Crippen LogP contribution in [0.15, 0.2) is 0 Å². The molecule has 2 rings (SSSR count). The van der Waals surface area contributed by atoms with Gasteiger partial charge in [-0.25, -0.2) is 0 Å². The second-order valence-corrected chi connectivity index (χ2v) is 6.26. The zero-order valence-electron chi connectivity index (χ0n) is 11.5. The molecule has 0 spiro atoms. The fraction of sp³-hybridized carbons (Fsp3) is 0.933. The first-order valence-corrected chi connectivity index (χ1v) is 7.49. The lowest BCUT2D eigenvalue weighted by Gasteiger charge is -2.38. The highest BCUT2D eigenvalue weighted by Crippen LogP contribution is 2.30. The van der Waals surface area contributed by atoms with Crippen molar-refractivity contribution in [3.8, 4) is 0 Å². The van der Waals surface area contributed by atoms with Crippen LogP contribution in [0.1, 0.15) is 64.7 Å². The van der Waals surface area contributed by atoms with Gasteiger partial charge in [-0.1, -0.05) is 39.0 Å². The molecule has 2 unspecified atom stereocenters. The highest BCUT2D eigenvalue weighted by Gasteiger charge is 2.27. The Morgan fingerprint density at radius 1 is 1.00 bits per heavy atom. The summed E-state index contributed by atoms with van der Waals surface area (Å²) < 4.78 is 0. The summed E-state index contributed by atoms with van der Waals surface area (Å²) >= 11 is 0. The summed E-state index contributed by atoms with van der Waals surface area (Å²) in [5.41, 5.74) is 0. The fourth-order valence-corrected chi connectivity index (χ4v) is 3.61. The van der Waals surface area contributed by atoms with Crippen LogP contribution in [-0.2, 0) is 0 Å². The van der Waals surface area contributed by atoms with Crippen molar-refractivity contribution >= 4 is 5.84 Å². The number of hydrogen-bond donors (Lipinski definition) is 1. The molecule has 0 amide bonds. The Kier molecular flexibility index (Phi) is 4.47. The monoisotopic (exact) mass is 236 g/mol. The van der Waals surface area contributed by atoms with E-state index in [1.54, 1.807) is 0 Å². The van der Waals surface area contributed by atoms with Gasteiger partial charge in [0.15, 0.2) is 0 Å². The molecule has 2 heteroatoms. The first kappa shape index (κ1) is 12.9. The Morgan fingerprint density at radius 2 is 1.71 bits per heavy atom. The molecular weight excluding hydrogens is 208 g/mol. The van der Waals surface area contributed by atoms with Crippen molar-refractivity contribution < 1.29 is 0 Å². The van der Waals surface area contributed by atoms with Crippen LogP contribution < -0.4 is 0 Å². The normalized spacial score (nSPS) is 31.2. The molecule has 0 aromatic heterocycles. The van der Waals surface area contributed by atoms with Gasteiger partial charge in [0.2, 0.25) is 0 Å². The molecule has 2 saturated carbocycles. The van der Waals surface area contributed by atoms with E-state index in [4.69, 9.17) is 5.41 Å². The molecule has 98 valence electrons. The summed E-state index contributed by atoms with van der Waals surface area (Å²) in [5.74, 6) is 2.35. The average molecular weight is 236 g/mol. The van der Waals surface area contributed by atoms with Crippen LogP contribution in [0.5, 0.6) is 0 Å². The predicted molar refractivity (Wildman–Crippen MR) is 73.5 cm³/mol. The Morgan fingerprint density at radius 3 is 2.35 bits per heavy atom. The van der Waals surface area contributed by atoms with E-state index in [0.29, 0.717) is 12.0 Å². The van der Waals surface area contributed by atoms with Gasteiger partial charge in [0.05, 0.1) is 5.84 Å². The molecule has 2 aliphatic rings. The SMILES string of the molecule is CC1CCCC(N(C)C(=N)C2CCCCC2)C1. The molecule has 0 heterocycles. The lowest BCUT2D eigenvalue weighted by molar-refractivity contribution is 0.219. The molecule has 0 aromatic rings. The number of nitrogens with zero attached hydrogens (tertiary/aromatic N) is 1. The van der Waals surface area contributed by atoms with Crippen molar-refractivity contribution in [2.24, 2.45) is 11.8 Å². The van der Waals surface area contributed by atoms with Crippen LogP contribution in [0.4, 0.5) is 0 Å². The van der Waals surface area contributed by atoms with Gasteiger partial charge in [-0.2, -0.15) is 0 Å². The van der Waals surface area contributed by atoms with E-state index in [2.05, 4.69) is 18.9 Å². The third-order valence-electron chi connectivity index (χ3n) is 4.83. The van der Waals surface area contributed by atoms with Crippen LogP contribution in [0, 0.1) is 17.2 Å². The molecule has 0 aliphatic heterocycles. The zero-order valence-corrected chi connectivity index (χ0v) is 11.5. The zero-order chi connectivity index (χ0) is 12.3. The smallest absolute Gasteiger partial charge is 0.0989 e. The summed E-state index contributed by atoms with van der Waals surface area (Å²) in [6, 6.07) is 0.646. The minimum atomic E-state index is 0.561. The van der Waals surface area contributed by atoms with Crippen LogP contribution >= 0.6 is 0 Å². The second kappa shape index (κ2) is 5.88. The van der Waals surface area contributed by atoms with Gasteiger partial charge in [0, 0.05) is 19.0 Å². The fourth-order valence-electron chi connectivity index (χ4n) is 3.61. The van der Waals surface area contributed by atoms with Crippen LogP contribution in [0.25, 0.3) is 0 Å². The summed E-state index contributed by atoms with van der Waals surface area (Å²) in [7, 11) is 2.17. The van der Waals surface area contributed by atoms with E-state index in [0.717, 1.165) is 11.8 Å². The minimum absolute atomic E-state index is 0.561. The van der Waals surface area contributed by atoms with Crippen molar-refractivity contribution in [3.63, 3.8) is 0 Å². The van der Waals surface area contributed by atoms with Gasteiger partial charge in [-0.3, -0.25) is 5.41 Å². The van der Waals surface area contributed by atoms with Gasteiger partial charge in [-0.15, -0.1) is 0 Å². The molecule has 2 fully saturated rings. The largest absolute Gasteiger partial charge is 0.360 e. The van der Waals surface area contributed by atoms with Crippen molar-refractivity contribution in [1.82, 2.24) is 4.90 Å². The average Bonchev–Trinajstić information content (AvgIpc) is 2.38. The molecule has 17 heavy (non-hydrogen) atoms.